The molecule has 21 heavy (non-hydrogen) atoms. The van der Waals surface area contributed by atoms with Gasteiger partial charge in [-0.1, -0.05) is 0 Å². The number of nitrogens with zero attached hydrogens (tertiary/aromatic N) is 5. The maximum absolute atomic E-state index is 9.16. The van der Waals surface area contributed by atoms with Gasteiger partial charge in [0.2, 0.25) is 0 Å². The minimum Gasteiger partial charge on any atom is -0.384 e. The quantitative estimate of drug-likeness (QED) is 0.891. The molecule has 106 valence electrons. The number of pyridine rings is 2. The molecule has 0 aliphatic carbocycles. The number of aromatic nitrogens is 2. The number of piperazine rings is 1. The number of hydrogen-bond donors (Lipinski definition) is 1. The lowest BCUT2D eigenvalue weighted by Gasteiger charge is -2.36. The van der Waals surface area contributed by atoms with Gasteiger partial charge >= 0.3 is 0 Å². The molecular formula is C15H16N6. The molecule has 0 atom stereocenters. The Balaban J connectivity index is 1.70. The second kappa shape index (κ2) is 5.67. The Bertz CT molecular complexity index is 653. The molecule has 2 N–H and O–H groups in total. The summed E-state index contributed by atoms with van der Waals surface area (Å²) in [7, 11) is 0. The van der Waals surface area contributed by atoms with Crippen LogP contribution in [0, 0.1) is 11.3 Å². The van der Waals surface area contributed by atoms with Crippen molar-refractivity contribution in [3.8, 4) is 6.07 Å². The molecule has 0 radical (unpaired) electrons. The zero-order valence-electron chi connectivity index (χ0n) is 11.6. The largest absolute Gasteiger partial charge is 0.384 e. The van der Waals surface area contributed by atoms with Crippen LogP contribution in [0.4, 0.5) is 17.3 Å². The van der Waals surface area contributed by atoms with Crippen LogP contribution in [0.1, 0.15) is 5.56 Å². The van der Waals surface area contributed by atoms with E-state index in [-0.39, 0.29) is 0 Å². The first kappa shape index (κ1) is 13.2. The van der Waals surface area contributed by atoms with Crippen molar-refractivity contribution in [2.75, 3.05) is 41.7 Å². The van der Waals surface area contributed by atoms with Crippen molar-refractivity contribution in [3.63, 3.8) is 0 Å². The van der Waals surface area contributed by atoms with E-state index in [1.165, 1.54) is 0 Å². The van der Waals surface area contributed by atoms with Crippen molar-refractivity contribution < 1.29 is 0 Å². The van der Waals surface area contributed by atoms with Gasteiger partial charge in [-0.2, -0.15) is 5.26 Å². The van der Waals surface area contributed by atoms with Gasteiger partial charge in [0.15, 0.2) is 0 Å². The average Bonchev–Trinajstić information content (AvgIpc) is 2.56. The summed E-state index contributed by atoms with van der Waals surface area (Å²) in [6, 6.07) is 9.59. The van der Waals surface area contributed by atoms with Crippen LogP contribution in [0.15, 0.2) is 36.7 Å². The number of nitrogens with two attached hydrogens (primary N) is 1. The lowest BCUT2D eigenvalue weighted by Crippen LogP contribution is -2.47. The third-order valence-corrected chi connectivity index (χ3v) is 3.62. The second-order valence-corrected chi connectivity index (χ2v) is 4.90. The third kappa shape index (κ3) is 2.72. The van der Waals surface area contributed by atoms with Crippen LogP contribution in [0.2, 0.25) is 0 Å². The first-order valence-corrected chi connectivity index (χ1v) is 6.84. The van der Waals surface area contributed by atoms with E-state index in [4.69, 9.17) is 11.0 Å². The van der Waals surface area contributed by atoms with Gasteiger partial charge in [0, 0.05) is 32.4 Å². The van der Waals surface area contributed by atoms with Gasteiger partial charge < -0.3 is 15.5 Å². The molecule has 3 heterocycles. The minimum atomic E-state index is 0.532. The van der Waals surface area contributed by atoms with E-state index in [1.54, 1.807) is 24.5 Å². The Morgan fingerprint density at radius 2 is 1.81 bits per heavy atom. The Morgan fingerprint density at radius 1 is 1.05 bits per heavy atom. The van der Waals surface area contributed by atoms with Crippen LogP contribution in [0.25, 0.3) is 0 Å². The van der Waals surface area contributed by atoms with Crippen LogP contribution in [0.5, 0.6) is 0 Å². The van der Waals surface area contributed by atoms with Crippen LogP contribution in [0.3, 0.4) is 0 Å². The summed E-state index contributed by atoms with van der Waals surface area (Å²) in [6.07, 6.45) is 3.53. The first-order chi connectivity index (χ1) is 10.3. The molecule has 0 unspecified atom stereocenters. The Labute approximate surface area is 123 Å². The third-order valence-electron chi connectivity index (χ3n) is 3.62. The number of hydrogen-bond acceptors (Lipinski definition) is 6. The molecule has 1 fully saturated rings. The first-order valence-electron chi connectivity index (χ1n) is 6.84. The number of nitrogen functional groups attached to an aromatic ring is 1. The second-order valence-electron chi connectivity index (χ2n) is 4.90. The highest BCUT2D eigenvalue weighted by molar-refractivity contribution is 5.55. The summed E-state index contributed by atoms with van der Waals surface area (Å²) in [5.74, 6) is 1.31. The summed E-state index contributed by atoms with van der Waals surface area (Å²) >= 11 is 0. The van der Waals surface area contributed by atoms with Crippen molar-refractivity contribution >= 4 is 17.3 Å². The highest BCUT2D eigenvalue weighted by Crippen LogP contribution is 2.21. The molecule has 0 amide bonds. The highest BCUT2D eigenvalue weighted by Gasteiger charge is 2.20. The molecule has 2 aromatic heterocycles. The van der Waals surface area contributed by atoms with Crippen LogP contribution in [-0.4, -0.2) is 36.1 Å². The number of nitriles is 1. The zero-order valence-corrected chi connectivity index (χ0v) is 11.6. The fourth-order valence-electron chi connectivity index (χ4n) is 2.50. The van der Waals surface area contributed by atoms with Gasteiger partial charge in [-0.3, -0.25) is 0 Å². The summed E-state index contributed by atoms with van der Waals surface area (Å²) in [5.41, 5.74) is 7.31. The molecule has 3 rings (SSSR count). The molecule has 1 aliphatic rings. The Morgan fingerprint density at radius 3 is 2.48 bits per heavy atom. The van der Waals surface area contributed by atoms with Crippen LogP contribution < -0.4 is 15.5 Å². The van der Waals surface area contributed by atoms with Crippen molar-refractivity contribution in [1.82, 2.24) is 9.97 Å². The summed E-state index contributed by atoms with van der Waals surface area (Å²) in [4.78, 5) is 12.9. The van der Waals surface area contributed by atoms with Crippen molar-refractivity contribution in [2.24, 2.45) is 0 Å². The monoisotopic (exact) mass is 280 g/mol. The van der Waals surface area contributed by atoms with E-state index >= 15 is 0 Å². The highest BCUT2D eigenvalue weighted by atomic mass is 15.3. The van der Waals surface area contributed by atoms with E-state index in [0.29, 0.717) is 11.4 Å². The standard InChI is InChI=1S/C15H16N6/c16-10-12-2-1-5-18-15(12)21-8-6-20(7-9-21)13-3-4-14(17)19-11-13/h1-5,11H,6-9H2,(H2,17,19). The van der Waals surface area contributed by atoms with E-state index in [1.807, 2.05) is 12.1 Å². The van der Waals surface area contributed by atoms with E-state index < -0.39 is 0 Å². The average molecular weight is 280 g/mol. The summed E-state index contributed by atoms with van der Waals surface area (Å²) in [5, 5.41) is 9.16. The molecular weight excluding hydrogens is 264 g/mol. The molecule has 0 bridgehead atoms. The van der Waals surface area contributed by atoms with Crippen LogP contribution in [-0.2, 0) is 0 Å². The van der Waals surface area contributed by atoms with Crippen molar-refractivity contribution in [3.05, 3.63) is 42.2 Å². The number of rotatable bonds is 2. The minimum absolute atomic E-state index is 0.532. The normalized spacial score (nSPS) is 14.8. The summed E-state index contributed by atoms with van der Waals surface area (Å²) < 4.78 is 0. The smallest absolute Gasteiger partial charge is 0.146 e. The van der Waals surface area contributed by atoms with Crippen molar-refractivity contribution in [2.45, 2.75) is 0 Å². The Hall–Kier alpha value is -2.81. The topological polar surface area (TPSA) is 82.1 Å². The van der Waals surface area contributed by atoms with E-state index in [2.05, 4.69) is 25.8 Å². The lowest BCUT2D eigenvalue weighted by molar-refractivity contribution is 0.646. The summed E-state index contributed by atoms with van der Waals surface area (Å²) in [6.45, 7) is 3.40. The van der Waals surface area contributed by atoms with Crippen LogP contribution >= 0.6 is 0 Å². The van der Waals surface area contributed by atoms with Gasteiger partial charge in [-0.25, -0.2) is 9.97 Å². The fraction of sp³-hybridized carbons (Fsp3) is 0.267. The van der Waals surface area contributed by atoms with Gasteiger partial charge in [0.25, 0.3) is 0 Å². The van der Waals surface area contributed by atoms with Gasteiger partial charge in [-0.05, 0) is 24.3 Å². The molecule has 0 spiro atoms. The van der Waals surface area contributed by atoms with E-state index in [9.17, 15) is 0 Å². The molecule has 6 nitrogen and oxygen atoms in total. The zero-order chi connectivity index (χ0) is 14.7. The predicted molar refractivity (Wildman–Crippen MR) is 82.0 cm³/mol. The van der Waals surface area contributed by atoms with Gasteiger partial charge in [-0.15, -0.1) is 0 Å². The molecule has 2 aromatic rings. The molecule has 1 aliphatic heterocycles. The number of anilines is 3. The lowest BCUT2D eigenvalue weighted by atomic mass is 10.2. The molecule has 0 saturated carbocycles. The fourth-order valence-corrected chi connectivity index (χ4v) is 2.50. The molecule has 0 aromatic carbocycles. The van der Waals surface area contributed by atoms with E-state index in [0.717, 1.165) is 37.7 Å². The Kier molecular flexibility index (Phi) is 3.56. The maximum Gasteiger partial charge on any atom is 0.146 e. The molecule has 1 saturated heterocycles. The van der Waals surface area contributed by atoms with Gasteiger partial charge in [0.05, 0.1) is 17.4 Å². The SMILES string of the molecule is N#Cc1cccnc1N1CCN(c2ccc(N)nc2)CC1. The predicted octanol–water partition coefficient (Wildman–Crippen LogP) is 1.26. The van der Waals surface area contributed by atoms with Crippen molar-refractivity contribution in [1.29, 1.82) is 5.26 Å². The molecule has 6 heteroatoms. The maximum atomic E-state index is 9.16. The van der Waals surface area contributed by atoms with Gasteiger partial charge in [0.1, 0.15) is 17.7 Å².